The highest BCUT2D eigenvalue weighted by atomic mass is 19.1. The molecule has 0 amide bonds. The van der Waals surface area contributed by atoms with E-state index in [1.165, 1.54) is 12.3 Å². The maximum atomic E-state index is 14.2. The number of halogens is 1. The first-order chi connectivity index (χ1) is 8.77. The van der Waals surface area contributed by atoms with Crippen LogP contribution >= 0.6 is 0 Å². The lowest BCUT2D eigenvalue weighted by Crippen LogP contribution is -2.38. The third kappa shape index (κ3) is 2.62. The van der Waals surface area contributed by atoms with Gasteiger partial charge in [0.25, 0.3) is 0 Å². The predicted molar refractivity (Wildman–Crippen MR) is 66.8 cm³/mol. The molecule has 1 unspecified atom stereocenters. The molecule has 5 heteroatoms. The van der Waals surface area contributed by atoms with Gasteiger partial charge in [0.1, 0.15) is 0 Å². The lowest BCUT2D eigenvalue weighted by Gasteiger charge is -2.30. The summed E-state index contributed by atoms with van der Waals surface area (Å²) in [5.74, 6) is -0.220. The lowest BCUT2D eigenvalue weighted by atomic mass is 10.1. The van der Waals surface area contributed by atoms with Crippen molar-refractivity contribution in [3.8, 4) is 0 Å². The van der Waals surface area contributed by atoms with Gasteiger partial charge in [0.15, 0.2) is 11.6 Å². The summed E-state index contributed by atoms with van der Waals surface area (Å²) in [4.78, 5) is 5.91. The molecule has 1 aliphatic rings. The Balaban J connectivity index is 2.32. The summed E-state index contributed by atoms with van der Waals surface area (Å²) in [6, 6.07) is 1.40. The average molecular weight is 254 g/mol. The lowest BCUT2D eigenvalue weighted by molar-refractivity contribution is 0.253. The van der Waals surface area contributed by atoms with Crippen LogP contribution in [0.4, 0.5) is 10.2 Å². The fourth-order valence-corrected chi connectivity index (χ4v) is 2.44. The first-order valence-electron chi connectivity index (χ1n) is 6.39. The van der Waals surface area contributed by atoms with Gasteiger partial charge < -0.3 is 15.1 Å². The number of aliphatic hydroxyl groups excluding tert-OH is 2. The van der Waals surface area contributed by atoms with Crippen molar-refractivity contribution in [2.45, 2.75) is 38.3 Å². The number of anilines is 1. The van der Waals surface area contributed by atoms with Crippen molar-refractivity contribution in [3.05, 3.63) is 23.6 Å². The van der Waals surface area contributed by atoms with Gasteiger partial charge in [0, 0.05) is 18.3 Å². The Morgan fingerprint density at radius 3 is 2.89 bits per heavy atom. The zero-order valence-electron chi connectivity index (χ0n) is 10.3. The minimum atomic E-state index is -0.472. The minimum absolute atomic E-state index is 0.00444. The van der Waals surface area contributed by atoms with Crippen LogP contribution in [-0.4, -0.2) is 34.4 Å². The normalized spacial score (nSPS) is 20.8. The van der Waals surface area contributed by atoms with Gasteiger partial charge in [0.2, 0.25) is 0 Å². The molecule has 1 aliphatic heterocycles. The molecule has 0 bridgehead atoms. The summed E-state index contributed by atoms with van der Waals surface area (Å²) in [7, 11) is 0. The minimum Gasteiger partial charge on any atom is -0.394 e. The number of aliphatic hydroxyl groups is 2. The first kappa shape index (κ1) is 13.2. The van der Waals surface area contributed by atoms with E-state index in [1.807, 2.05) is 4.90 Å². The topological polar surface area (TPSA) is 56.6 Å². The number of aromatic nitrogens is 1. The molecular weight excluding hydrogens is 235 g/mol. The highest BCUT2D eigenvalue weighted by Gasteiger charge is 2.24. The summed E-state index contributed by atoms with van der Waals surface area (Å²) < 4.78 is 14.2. The Morgan fingerprint density at radius 1 is 1.33 bits per heavy atom. The zero-order valence-corrected chi connectivity index (χ0v) is 10.3. The van der Waals surface area contributed by atoms with Gasteiger partial charge in [-0.05, 0) is 18.9 Å². The number of rotatable bonds is 3. The number of nitrogens with zero attached hydrogens (tertiary/aromatic N) is 2. The molecule has 0 radical (unpaired) electrons. The van der Waals surface area contributed by atoms with Crippen molar-refractivity contribution < 1.29 is 14.6 Å². The predicted octanol–water partition coefficient (Wildman–Crippen LogP) is 1.45. The van der Waals surface area contributed by atoms with Gasteiger partial charge >= 0.3 is 0 Å². The zero-order chi connectivity index (χ0) is 13.0. The molecule has 2 rings (SSSR count). The molecule has 18 heavy (non-hydrogen) atoms. The van der Waals surface area contributed by atoms with Crippen molar-refractivity contribution in [3.63, 3.8) is 0 Å². The van der Waals surface area contributed by atoms with E-state index in [0.717, 1.165) is 25.7 Å². The summed E-state index contributed by atoms with van der Waals surface area (Å²) in [5, 5.41) is 18.5. The van der Waals surface area contributed by atoms with Gasteiger partial charge in [-0.2, -0.15) is 0 Å². The average Bonchev–Trinajstić information content (AvgIpc) is 2.64. The summed E-state index contributed by atoms with van der Waals surface area (Å²) in [5.41, 5.74) is 0.251. The van der Waals surface area contributed by atoms with E-state index in [1.54, 1.807) is 0 Å². The monoisotopic (exact) mass is 254 g/mol. The quantitative estimate of drug-likeness (QED) is 0.857. The van der Waals surface area contributed by atoms with Crippen LogP contribution in [0, 0.1) is 5.82 Å². The van der Waals surface area contributed by atoms with Gasteiger partial charge in [0.05, 0.1) is 19.3 Å². The highest BCUT2D eigenvalue weighted by molar-refractivity contribution is 5.44. The van der Waals surface area contributed by atoms with E-state index in [9.17, 15) is 9.50 Å². The summed E-state index contributed by atoms with van der Waals surface area (Å²) in [6.45, 7) is 0.369. The van der Waals surface area contributed by atoms with Crippen molar-refractivity contribution in [2.24, 2.45) is 0 Å². The van der Waals surface area contributed by atoms with Crippen LogP contribution < -0.4 is 4.90 Å². The standard InChI is InChI=1S/C13H19FN2O2/c14-12-10(8-17)5-6-15-13(12)16-7-3-1-2-4-11(16)9-18/h5-6,11,17-18H,1-4,7-9H2. The van der Waals surface area contributed by atoms with Gasteiger partial charge in [-0.25, -0.2) is 9.37 Å². The third-order valence-corrected chi connectivity index (χ3v) is 3.48. The Labute approximate surface area is 106 Å². The second-order valence-electron chi connectivity index (χ2n) is 4.64. The van der Waals surface area contributed by atoms with Crippen molar-refractivity contribution in [1.82, 2.24) is 4.98 Å². The molecule has 2 heterocycles. The molecule has 1 atom stereocenters. The van der Waals surface area contributed by atoms with Crippen LogP contribution in [0.15, 0.2) is 12.3 Å². The summed E-state index contributed by atoms with van der Waals surface area (Å²) >= 11 is 0. The highest BCUT2D eigenvalue weighted by Crippen LogP contribution is 2.26. The number of hydrogen-bond donors (Lipinski definition) is 2. The molecule has 2 N–H and O–H groups in total. The Morgan fingerprint density at radius 2 is 2.17 bits per heavy atom. The molecule has 100 valence electrons. The first-order valence-corrected chi connectivity index (χ1v) is 6.39. The van der Waals surface area contributed by atoms with Gasteiger partial charge in [-0.3, -0.25) is 0 Å². The molecule has 1 aromatic heterocycles. The Hall–Kier alpha value is -1.20. The second-order valence-corrected chi connectivity index (χ2v) is 4.64. The third-order valence-electron chi connectivity index (χ3n) is 3.48. The van der Waals surface area contributed by atoms with E-state index in [4.69, 9.17) is 5.11 Å². The van der Waals surface area contributed by atoms with Crippen molar-refractivity contribution in [2.75, 3.05) is 18.1 Å². The van der Waals surface area contributed by atoms with Gasteiger partial charge in [-0.1, -0.05) is 12.8 Å². The van der Waals surface area contributed by atoms with E-state index < -0.39 is 5.82 Å². The molecule has 4 nitrogen and oxygen atoms in total. The smallest absolute Gasteiger partial charge is 0.171 e. The molecule has 1 aromatic rings. The van der Waals surface area contributed by atoms with E-state index in [-0.39, 0.29) is 30.6 Å². The maximum absolute atomic E-state index is 14.2. The van der Waals surface area contributed by atoms with Crippen LogP contribution in [0.3, 0.4) is 0 Å². The molecule has 1 fully saturated rings. The largest absolute Gasteiger partial charge is 0.394 e. The van der Waals surface area contributed by atoms with E-state index in [2.05, 4.69) is 4.98 Å². The van der Waals surface area contributed by atoms with Crippen LogP contribution in [0.5, 0.6) is 0 Å². The molecule has 1 saturated heterocycles. The van der Waals surface area contributed by atoms with E-state index in [0.29, 0.717) is 6.54 Å². The SMILES string of the molecule is OCc1ccnc(N2CCCCCC2CO)c1F. The number of hydrogen-bond acceptors (Lipinski definition) is 4. The van der Waals surface area contributed by atoms with Crippen LogP contribution in [0.1, 0.15) is 31.2 Å². The van der Waals surface area contributed by atoms with Crippen LogP contribution in [0.2, 0.25) is 0 Å². The molecule has 0 aliphatic carbocycles. The van der Waals surface area contributed by atoms with Crippen molar-refractivity contribution >= 4 is 5.82 Å². The van der Waals surface area contributed by atoms with Crippen molar-refractivity contribution in [1.29, 1.82) is 0 Å². The molecule has 0 spiro atoms. The second kappa shape index (κ2) is 6.11. The van der Waals surface area contributed by atoms with Gasteiger partial charge in [-0.15, -0.1) is 0 Å². The summed E-state index contributed by atoms with van der Waals surface area (Å²) in [6.07, 6.45) is 5.46. The number of pyridine rings is 1. The van der Waals surface area contributed by atoms with Crippen LogP contribution in [-0.2, 0) is 6.61 Å². The molecule has 0 saturated carbocycles. The van der Waals surface area contributed by atoms with Crippen LogP contribution in [0.25, 0.3) is 0 Å². The fourth-order valence-electron chi connectivity index (χ4n) is 2.44. The Kier molecular flexibility index (Phi) is 4.49. The fraction of sp³-hybridized carbons (Fsp3) is 0.615. The Bertz CT molecular complexity index is 401. The van der Waals surface area contributed by atoms with E-state index >= 15 is 0 Å². The molecular formula is C13H19FN2O2. The molecule has 0 aromatic carbocycles. The maximum Gasteiger partial charge on any atom is 0.171 e.